The van der Waals surface area contributed by atoms with Crippen LogP contribution in [0.2, 0.25) is 0 Å². The molecule has 0 aliphatic rings. The monoisotopic (exact) mass is 288 g/mol. The van der Waals surface area contributed by atoms with E-state index in [-0.39, 0.29) is 12.1 Å². The predicted octanol–water partition coefficient (Wildman–Crippen LogP) is 2.01. The molecule has 21 heavy (non-hydrogen) atoms. The lowest BCUT2D eigenvalue weighted by Crippen LogP contribution is -2.30. The first-order chi connectivity index (χ1) is 9.88. The molecule has 3 nitrogen and oxygen atoms in total. The molecule has 2 aromatic carbocycles. The fourth-order valence-corrected chi connectivity index (χ4v) is 2.39. The van der Waals surface area contributed by atoms with Crippen molar-refractivity contribution in [3.63, 3.8) is 0 Å². The molecule has 0 spiro atoms. The Morgan fingerprint density at radius 1 is 1.05 bits per heavy atom. The smallest absolute Gasteiger partial charge is 0.488 e. The highest BCUT2D eigenvalue weighted by molar-refractivity contribution is 6.58. The quantitative estimate of drug-likeness (QED) is 0.846. The zero-order valence-corrected chi connectivity index (χ0v) is 12.4. The van der Waals surface area contributed by atoms with E-state index >= 15 is 0 Å². The lowest BCUT2D eigenvalue weighted by molar-refractivity contribution is 0.295. The van der Waals surface area contributed by atoms with Gasteiger partial charge in [-0.15, -0.1) is 0 Å². The normalized spacial score (nSPS) is 10.6. The van der Waals surface area contributed by atoms with E-state index in [0.29, 0.717) is 5.56 Å². The molecule has 0 atom stereocenters. The Kier molecular flexibility index (Phi) is 4.65. The Morgan fingerprint density at radius 2 is 1.67 bits per heavy atom. The van der Waals surface area contributed by atoms with Crippen molar-refractivity contribution in [1.29, 1.82) is 0 Å². The van der Waals surface area contributed by atoms with Crippen molar-refractivity contribution in [3.8, 4) is 5.75 Å². The van der Waals surface area contributed by atoms with E-state index in [9.17, 15) is 4.39 Å². The first-order valence-electron chi connectivity index (χ1n) is 6.73. The second kappa shape index (κ2) is 6.29. The van der Waals surface area contributed by atoms with E-state index in [1.165, 1.54) is 12.1 Å². The zero-order valence-electron chi connectivity index (χ0n) is 12.4. The summed E-state index contributed by atoms with van der Waals surface area (Å²) >= 11 is 0. The maximum atomic E-state index is 13.9. The minimum Gasteiger partial charge on any atom is -0.488 e. The minimum atomic E-state index is -1.67. The number of hydrogen-bond acceptors (Lipinski definition) is 3. The van der Waals surface area contributed by atoms with Gasteiger partial charge in [0.2, 0.25) is 0 Å². The van der Waals surface area contributed by atoms with Crippen molar-refractivity contribution >= 4 is 12.6 Å². The minimum absolute atomic E-state index is 0.0956. The molecule has 0 bridgehead atoms. The third-order valence-corrected chi connectivity index (χ3v) is 3.35. The van der Waals surface area contributed by atoms with Crippen LogP contribution in [0, 0.1) is 26.6 Å². The lowest BCUT2D eigenvalue weighted by Gasteiger charge is -2.14. The van der Waals surface area contributed by atoms with Gasteiger partial charge in [-0.25, -0.2) is 4.39 Å². The van der Waals surface area contributed by atoms with Gasteiger partial charge in [-0.3, -0.25) is 0 Å². The van der Waals surface area contributed by atoms with E-state index in [4.69, 9.17) is 14.8 Å². The summed E-state index contributed by atoms with van der Waals surface area (Å²) in [6.45, 7) is 6.02. The Morgan fingerprint density at radius 3 is 2.19 bits per heavy atom. The number of halogens is 1. The molecular weight excluding hydrogens is 270 g/mol. The molecule has 0 unspecified atom stereocenters. The highest BCUT2D eigenvalue weighted by atomic mass is 19.1. The molecular formula is C16H18BFO3. The largest absolute Gasteiger partial charge is 0.488 e. The third kappa shape index (κ3) is 3.62. The molecule has 2 N–H and O–H groups in total. The fraction of sp³-hybridized carbons (Fsp3) is 0.250. The van der Waals surface area contributed by atoms with Gasteiger partial charge in [0, 0.05) is 5.56 Å². The van der Waals surface area contributed by atoms with Crippen molar-refractivity contribution in [3.05, 3.63) is 58.4 Å². The van der Waals surface area contributed by atoms with E-state index in [1.54, 1.807) is 0 Å². The van der Waals surface area contributed by atoms with E-state index in [2.05, 4.69) is 0 Å². The Hall–Kier alpha value is -1.85. The summed E-state index contributed by atoms with van der Waals surface area (Å²) in [5, 5.41) is 18.0. The van der Waals surface area contributed by atoms with Crippen LogP contribution in [0.5, 0.6) is 5.75 Å². The van der Waals surface area contributed by atoms with Crippen LogP contribution in [0.1, 0.15) is 22.3 Å². The molecule has 0 aromatic heterocycles. The molecule has 110 valence electrons. The summed E-state index contributed by atoms with van der Waals surface area (Å²) in [5.74, 6) is 0.245. The second-order valence-corrected chi connectivity index (χ2v) is 5.24. The molecule has 5 heteroatoms. The van der Waals surface area contributed by atoms with Gasteiger partial charge in [-0.1, -0.05) is 29.8 Å². The van der Waals surface area contributed by atoms with Crippen molar-refractivity contribution in [1.82, 2.24) is 0 Å². The first kappa shape index (κ1) is 15.5. The van der Waals surface area contributed by atoms with Gasteiger partial charge in [0.05, 0.1) is 0 Å². The molecule has 0 amide bonds. The summed E-state index contributed by atoms with van der Waals surface area (Å²) in [4.78, 5) is 0. The zero-order chi connectivity index (χ0) is 15.6. The topological polar surface area (TPSA) is 49.7 Å². The van der Waals surface area contributed by atoms with E-state index in [1.807, 2.05) is 32.9 Å². The number of ether oxygens (including phenoxy) is 1. The highest BCUT2D eigenvalue weighted by Gasteiger charge is 2.14. The second-order valence-electron chi connectivity index (χ2n) is 5.24. The fourth-order valence-electron chi connectivity index (χ4n) is 2.39. The molecule has 0 aliphatic carbocycles. The Labute approximate surface area is 124 Å². The standard InChI is InChI=1S/C16H18BFO3/c1-10-6-11(2)16(12(3)7-10)21-9-13-4-5-14(17(19)20)8-15(13)18/h4-8,19-20H,9H2,1-3H3. The first-order valence-corrected chi connectivity index (χ1v) is 6.73. The highest BCUT2D eigenvalue weighted by Crippen LogP contribution is 2.25. The summed E-state index contributed by atoms with van der Waals surface area (Å²) in [6, 6.07) is 8.12. The van der Waals surface area contributed by atoms with Gasteiger partial charge in [0.15, 0.2) is 0 Å². The van der Waals surface area contributed by atoms with E-state index in [0.717, 1.165) is 28.5 Å². The van der Waals surface area contributed by atoms with Crippen molar-refractivity contribution in [2.24, 2.45) is 0 Å². The maximum absolute atomic E-state index is 13.9. The van der Waals surface area contributed by atoms with Crippen molar-refractivity contribution in [2.75, 3.05) is 0 Å². The summed E-state index contributed by atoms with van der Waals surface area (Å²) in [6.07, 6.45) is 0. The third-order valence-electron chi connectivity index (χ3n) is 3.35. The Balaban J connectivity index is 2.17. The molecule has 2 aromatic rings. The summed E-state index contributed by atoms with van der Waals surface area (Å²) in [7, 11) is -1.67. The van der Waals surface area contributed by atoms with Crippen molar-refractivity contribution < 1.29 is 19.2 Å². The van der Waals surface area contributed by atoms with Crippen LogP contribution in [0.3, 0.4) is 0 Å². The SMILES string of the molecule is Cc1cc(C)c(OCc2ccc(B(O)O)cc2F)c(C)c1. The molecule has 0 heterocycles. The molecule has 0 saturated carbocycles. The number of benzene rings is 2. The van der Waals surface area contributed by atoms with Crippen LogP contribution in [0.15, 0.2) is 30.3 Å². The van der Waals surface area contributed by atoms with Gasteiger partial charge in [-0.05, 0) is 43.4 Å². The van der Waals surface area contributed by atoms with E-state index < -0.39 is 12.9 Å². The molecule has 0 saturated heterocycles. The number of aryl methyl sites for hydroxylation is 3. The van der Waals surface area contributed by atoms with Gasteiger partial charge in [-0.2, -0.15) is 0 Å². The van der Waals surface area contributed by atoms with Crippen LogP contribution < -0.4 is 10.2 Å². The molecule has 0 radical (unpaired) electrons. The van der Waals surface area contributed by atoms with Gasteiger partial charge in [0.1, 0.15) is 18.2 Å². The van der Waals surface area contributed by atoms with Crippen LogP contribution in [0.25, 0.3) is 0 Å². The van der Waals surface area contributed by atoms with Gasteiger partial charge >= 0.3 is 7.12 Å². The van der Waals surface area contributed by atoms with Crippen LogP contribution in [-0.4, -0.2) is 17.2 Å². The van der Waals surface area contributed by atoms with Crippen LogP contribution >= 0.6 is 0 Å². The average molecular weight is 288 g/mol. The lowest BCUT2D eigenvalue weighted by atomic mass is 9.80. The Bertz CT molecular complexity index is 633. The average Bonchev–Trinajstić information content (AvgIpc) is 2.38. The van der Waals surface area contributed by atoms with Crippen LogP contribution in [-0.2, 0) is 6.61 Å². The van der Waals surface area contributed by atoms with Gasteiger partial charge < -0.3 is 14.8 Å². The van der Waals surface area contributed by atoms with Gasteiger partial charge in [0.25, 0.3) is 0 Å². The number of hydrogen-bond donors (Lipinski definition) is 2. The maximum Gasteiger partial charge on any atom is 0.488 e. The predicted molar refractivity (Wildman–Crippen MR) is 81.2 cm³/mol. The summed E-state index contributed by atoms with van der Waals surface area (Å²) < 4.78 is 19.6. The molecule has 0 fully saturated rings. The van der Waals surface area contributed by atoms with Crippen molar-refractivity contribution in [2.45, 2.75) is 27.4 Å². The summed E-state index contributed by atoms with van der Waals surface area (Å²) in [5.41, 5.74) is 3.67. The van der Waals surface area contributed by atoms with Crippen LogP contribution in [0.4, 0.5) is 4.39 Å². The number of rotatable bonds is 4. The molecule has 0 aliphatic heterocycles. The molecule has 2 rings (SSSR count).